The Morgan fingerprint density at radius 2 is 1.50 bits per heavy atom. The van der Waals surface area contributed by atoms with Crippen LogP contribution in [0.3, 0.4) is 0 Å². The minimum Gasteiger partial charge on any atom is -0.423 e. The highest BCUT2D eigenvalue weighted by atomic mass is 19.1. The van der Waals surface area contributed by atoms with E-state index in [1.54, 1.807) is 0 Å². The summed E-state index contributed by atoms with van der Waals surface area (Å²) in [6.45, 7) is 1.69. The van der Waals surface area contributed by atoms with Gasteiger partial charge < -0.3 is 4.74 Å². The Morgan fingerprint density at radius 1 is 0.853 bits per heavy atom. The second-order valence-corrected chi connectivity index (χ2v) is 9.77. The summed E-state index contributed by atoms with van der Waals surface area (Å²) in [6, 6.07) is 19.9. The van der Waals surface area contributed by atoms with Crippen molar-refractivity contribution in [2.24, 2.45) is 0 Å². The maximum atomic E-state index is 15.5. The van der Waals surface area contributed by atoms with Gasteiger partial charge in [-0.15, -0.1) is 0 Å². The fourth-order valence-corrected chi connectivity index (χ4v) is 5.53. The van der Waals surface area contributed by atoms with E-state index in [0.29, 0.717) is 24.3 Å². The zero-order chi connectivity index (χ0) is 23.7. The van der Waals surface area contributed by atoms with Gasteiger partial charge in [0.15, 0.2) is 11.6 Å². The molecule has 1 saturated carbocycles. The van der Waals surface area contributed by atoms with Crippen molar-refractivity contribution in [2.45, 2.75) is 63.2 Å². The second-order valence-electron chi connectivity index (χ2n) is 9.77. The fraction of sp³-hybridized carbons (Fsp3) is 0.367. The molecule has 1 fully saturated rings. The number of carbonyl (C=O) groups excluding carboxylic acids is 1. The van der Waals surface area contributed by atoms with Crippen molar-refractivity contribution >= 4 is 5.97 Å². The van der Waals surface area contributed by atoms with Gasteiger partial charge in [-0.3, -0.25) is 9.18 Å². The molecule has 1 unspecified atom stereocenters. The Balaban J connectivity index is 1.30. The molecule has 0 radical (unpaired) electrons. The molecule has 3 aromatic carbocycles. The highest BCUT2D eigenvalue weighted by Crippen LogP contribution is 2.44. The molecular weight excluding hydrogens is 430 g/mol. The van der Waals surface area contributed by atoms with Crippen LogP contribution < -0.4 is 4.74 Å². The summed E-state index contributed by atoms with van der Waals surface area (Å²) < 4.78 is 33.7. The third-order valence-electron chi connectivity index (χ3n) is 7.60. The number of benzene rings is 3. The van der Waals surface area contributed by atoms with Crippen molar-refractivity contribution < 1.29 is 18.3 Å². The van der Waals surface area contributed by atoms with Gasteiger partial charge in [-0.25, -0.2) is 4.39 Å². The van der Waals surface area contributed by atoms with Crippen molar-refractivity contribution in [3.8, 4) is 5.75 Å². The fourth-order valence-electron chi connectivity index (χ4n) is 5.53. The van der Waals surface area contributed by atoms with E-state index in [4.69, 9.17) is 4.74 Å². The first-order valence-corrected chi connectivity index (χ1v) is 12.3. The van der Waals surface area contributed by atoms with Crippen LogP contribution >= 0.6 is 0 Å². The summed E-state index contributed by atoms with van der Waals surface area (Å²) in [5.41, 5.74) is 5.74. The van der Waals surface area contributed by atoms with Gasteiger partial charge >= 0.3 is 5.97 Å². The van der Waals surface area contributed by atoms with E-state index in [0.717, 1.165) is 42.4 Å². The minimum atomic E-state index is -0.470. The van der Waals surface area contributed by atoms with Crippen LogP contribution in [0, 0.1) is 12.7 Å². The standard InChI is InChI=1S/C30H30F2O2/c1-19-2-6-21(7-3-19)22-10-12-23(13-11-22)26-15-14-25-18-27(30(33)34-29(25)28(26)32)24-8-4-20(5-9-24)16-17-31/h2-9,14-15,22-23,27H,10-13,16-18H2,1H3. The first kappa shape index (κ1) is 22.8. The zero-order valence-corrected chi connectivity index (χ0v) is 19.5. The number of alkyl halides is 1. The molecule has 0 N–H and O–H groups in total. The molecule has 3 aromatic rings. The van der Waals surface area contributed by atoms with E-state index in [1.165, 1.54) is 11.1 Å². The molecule has 0 spiro atoms. The summed E-state index contributed by atoms with van der Waals surface area (Å²) in [5, 5.41) is 0. The Kier molecular flexibility index (Phi) is 6.49. The van der Waals surface area contributed by atoms with Crippen LogP contribution in [-0.2, 0) is 17.6 Å². The Labute approximate surface area is 200 Å². The molecule has 1 heterocycles. The lowest BCUT2D eigenvalue weighted by atomic mass is 9.75. The third kappa shape index (κ3) is 4.51. The normalized spacial score (nSPS) is 22.2. The van der Waals surface area contributed by atoms with Gasteiger partial charge in [0.1, 0.15) is 0 Å². The van der Waals surface area contributed by atoms with Gasteiger partial charge in [0.25, 0.3) is 0 Å². The minimum absolute atomic E-state index is 0.105. The number of ether oxygens (including phenoxy) is 1. The van der Waals surface area contributed by atoms with E-state index in [-0.39, 0.29) is 17.5 Å². The number of carbonyl (C=O) groups is 1. The number of hydrogen-bond donors (Lipinski definition) is 0. The Bertz CT molecular complexity index is 1160. The van der Waals surface area contributed by atoms with Crippen molar-refractivity contribution in [3.05, 3.63) is 99.9 Å². The quantitative estimate of drug-likeness (QED) is 0.294. The molecule has 0 aromatic heterocycles. The van der Waals surface area contributed by atoms with Gasteiger partial charge in [0, 0.05) is 6.42 Å². The highest BCUT2D eigenvalue weighted by Gasteiger charge is 2.34. The van der Waals surface area contributed by atoms with Crippen molar-refractivity contribution in [1.82, 2.24) is 0 Å². The molecule has 1 atom stereocenters. The molecule has 0 saturated heterocycles. The largest absolute Gasteiger partial charge is 0.423 e. The average molecular weight is 461 g/mol. The van der Waals surface area contributed by atoms with Crippen LogP contribution in [0.5, 0.6) is 5.75 Å². The molecular formula is C30H30F2O2. The van der Waals surface area contributed by atoms with Gasteiger partial charge in [-0.1, -0.05) is 66.2 Å². The zero-order valence-electron chi connectivity index (χ0n) is 19.5. The van der Waals surface area contributed by atoms with Crippen LogP contribution in [0.25, 0.3) is 0 Å². The third-order valence-corrected chi connectivity index (χ3v) is 7.60. The van der Waals surface area contributed by atoms with E-state index in [2.05, 4.69) is 31.2 Å². The van der Waals surface area contributed by atoms with Crippen molar-refractivity contribution in [1.29, 1.82) is 0 Å². The molecule has 0 amide bonds. The Morgan fingerprint density at radius 3 is 2.18 bits per heavy atom. The second kappa shape index (κ2) is 9.69. The summed E-state index contributed by atoms with van der Waals surface area (Å²) >= 11 is 0. The van der Waals surface area contributed by atoms with Crippen molar-refractivity contribution in [2.75, 3.05) is 6.67 Å². The predicted molar refractivity (Wildman–Crippen MR) is 130 cm³/mol. The molecule has 2 aliphatic rings. The van der Waals surface area contributed by atoms with Crippen LogP contribution in [0.4, 0.5) is 8.78 Å². The van der Waals surface area contributed by atoms with E-state index < -0.39 is 18.6 Å². The number of rotatable bonds is 5. The summed E-state index contributed by atoms with van der Waals surface area (Å²) in [6.07, 6.45) is 4.69. The lowest BCUT2D eigenvalue weighted by molar-refractivity contribution is -0.137. The molecule has 4 heteroatoms. The predicted octanol–water partition coefficient (Wildman–Crippen LogP) is 7.33. The molecule has 34 heavy (non-hydrogen) atoms. The van der Waals surface area contributed by atoms with E-state index >= 15 is 4.39 Å². The summed E-state index contributed by atoms with van der Waals surface area (Å²) in [7, 11) is 0. The highest BCUT2D eigenvalue weighted by molar-refractivity contribution is 5.83. The SMILES string of the molecule is Cc1ccc(C2CCC(c3ccc4c(c3F)OC(=O)C(c3ccc(CCF)cc3)C4)CC2)cc1. The monoisotopic (exact) mass is 460 g/mol. The molecule has 176 valence electrons. The van der Waals surface area contributed by atoms with Gasteiger partial charge in [-0.2, -0.15) is 0 Å². The van der Waals surface area contributed by atoms with E-state index in [1.807, 2.05) is 36.4 Å². The van der Waals surface area contributed by atoms with Gasteiger partial charge in [0.2, 0.25) is 0 Å². The lowest BCUT2D eigenvalue weighted by Crippen LogP contribution is -2.27. The summed E-state index contributed by atoms with van der Waals surface area (Å²) in [4.78, 5) is 12.8. The molecule has 1 aliphatic carbocycles. The van der Waals surface area contributed by atoms with Gasteiger partial charge in [-0.05, 0) is 78.7 Å². The maximum Gasteiger partial charge on any atom is 0.319 e. The van der Waals surface area contributed by atoms with Gasteiger partial charge in [0.05, 0.1) is 12.6 Å². The number of aryl methyl sites for hydroxylation is 2. The van der Waals surface area contributed by atoms with Crippen molar-refractivity contribution in [3.63, 3.8) is 0 Å². The summed E-state index contributed by atoms with van der Waals surface area (Å²) in [5.74, 6) is -0.499. The smallest absolute Gasteiger partial charge is 0.319 e. The lowest BCUT2D eigenvalue weighted by Gasteiger charge is -2.31. The van der Waals surface area contributed by atoms with Crippen LogP contribution in [-0.4, -0.2) is 12.6 Å². The molecule has 0 bridgehead atoms. The molecule has 5 rings (SSSR count). The number of fused-ring (bicyclic) bond motifs is 1. The van der Waals surface area contributed by atoms with Crippen LogP contribution in [0.15, 0.2) is 60.7 Å². The Hall–Kier alpha value is -3.01. The maximum absolute atomic E-state index is 15.5. The number of halogens is 2. The van der Waals surface area contributed by atoms with E-state index in [9.17, 15) is 9.18 Å². The number of hydrogen-bond acceptors (Lipinski definition) is 2. The van der Waals surface area contributed by atoms with Crippen LogP contribution in [0.2, 0.25) is 0 Å². The first-order chi connectivity index (χ1) is 16.5. The number of esters is 1. The topological polar surface area (TPSA) is 26.3 Å². The molecule has 1 aliphatic heterocycles. The average Bonchev–Trinajstić information content (AvgIpc) is 2.86. The van der Waals surface area contributed by atoms with Crippen LogP contribution in [0.1, 0.15) is 76.8 Å². The first-order valence-electron chi connectivity index (χ1n) is 12.3. The molecule has 2 nitrogen and oxygen atoms in total.